The molecule has 5 heteroatoms. The van der Waals surface area contributed by atoms with E-state index in [1.165, 1.54) is 64.0 Å². The maximum Gasteiger partial charge on any atom is 0.122 e. The Kier molecular flexibility index (Phi) is 8.05. The molecule has 0 spiro atoms. The zero-order valence-electron chi connectivity index (χ0n) is 16.6. The quantitative estimate of drug-likeness (QED) is 0.778. The molecular formula is C21H35ClN2O2. The third-order valence-corrected chi connectivity index (χ3v) is 6.02. The van der Waals surface area contributed by atoms with E-state index in [1.807, 2.05) is 6.07 Å². The molecule has 0 saturated carbocycles. The van der Waals surface area contributed by atoms with Gasteiger partial charge < -0.3 is 19.7 Å². The van der Waals surface area contributed by atoms with Crippen molar-refractivity contribution in [2.45, 2.75) is 39.0 Å². The molecule has 1 aromatic rings. The monoisotopic (exact) mass is 382 g/mol. The number of aryl methyl sites for hydroxylation is 1. The molecule has 2 saturated heterocycles. The Labute approximate surface area is 165 Å². The summed E-state index contributed by atoms with van der Waals surface area (Å²) in [5.74, 6) is 2.63. The second-order valence-corrected chi connectivity index (χ2v) is 8.22. The average Bonchev–Trinajstić information content (AvgIpc) is 3.06. The summed E-state index contributed by atoms with van der Waals surface area (Å²) >= 11 is 0. The van der Waals surface area contributed by atoms with Crippen LogP contribution in [0.3, 0.4) is 0 Å². The lowest BCUT2D eigenvalue weighted by molar-refractivity contribution is 0.125. The molecule has 1 aromatic carbocycles. The molecule has 0 amide bonds. The lowest BCUT2D eigenvalue weighted by atomic mass is 9.86. The molecule has 148 valence electrons. The lowest BCUT2D eigenvalue weighted by Gasteiger charge is -2.37. The van der Waals surface area contributed by atoms with Gasteiger partial charge in [0.05, 0.1) is 14.2 Å². The maximum absolute atomic E-state index is 5.38. The first kappa shape index (κ1) is 21.3. The molecule has 26 heavy (non-hydrogen) atoms. The van der Waals surface area contributed by atoms with Crippen LogP contribution in [-0.2, 0) is 6.42 Å². The van der Waals surface area contributed by atoms with Crippen LogP contribution in [0.15, 0.2) is 18.2 Å². The number of piperidine rings is 1. The molecule has 0 aliphatic carbocycles. The summed E-state index contributed by atoms with van der Waals surface area (Å²) in [6, 6.07) is 6.23. The summed E-state index contributed by atoms with van der Waals surface area (Å²) in [6.07, 6.45) is 6.38. The zero-order valence-corrected chi connectivity index (χ0v) is 17.4. The standard InChI is InChI=1S/C21H34N2O2.ClH/c1-21(8-9-22-15-21)16-23-10-6-17(7-11-23)4-5-18-12-19(24-2)14-20(13-18)25-3;/h12-14,17,22H,4-11,15-16H2,1-3H3;1H. The van der Waals surface area contributed by atoms with Gasteiger partial charge in [0.2, 0.25) is 0 Å². The van der Waals surface area contributed by atoms with Gasteiger partial charge in [-0.15, -0.1) is 12.4 Å². The molecule has 1 unspecified atom stereocenters. The molecule has 2 heterocycles. The number of nitrogens with zero attached hydrogens (tertiary/aromatic N) is 1. The van der Waals surface area contributed by atoms with Crippen LogP contribution in [0.25, 0.3) is 0 Å². The molecule has 3 rings (SSSR count). The summed E-state index contributed by atoms with van der Waals surface area (Å²) in [5.41, 5.74) is 1.81. The Morgan fingerprint density at radius 3 is 2.31 bits per heavy atom. The van der Waals surface area contributed by atoms with Crippen molar-refractivity contribution in [3.63, 3.8) is 0 Å². The highest BCUT2D eigenvalue weighted by Crippen LogP contribution is 2.30. The molecule has 0 aromatic heterocycles. The van der Waals surface area contributed by atoms with E-state index in [0.29, 0.717) is 5.41 Å². The van der Waals surface area contributed by atoms with Crippen LogP contribution in [0.4, 0.5) is 0 Å². The molecule has 1 atom stereocenters. The highest BCUT2D eigenvalue weighted by molar-refractivity contribution is 5.85. The van der Waals surface area contributed by atoms with Crippen molar-refractivity contribution in [3.8, 4) is 11.5 Å². The first-order valence-electron chi connectivity index (χ1n) is 9.75. The van der Waals surface area contributed by atoms with Crippen molar-refractivity contribution in [2.75, 3.05) is 46.9 Å². The molecule has 0 radical (unpaired) electrons. The molecule has 2 fully saturated rings. The van der Waals surface area contributed by atoms with Crippen molar-refractivity contribution in [1.82, 2.24) is 10.2 Å². The minimum atomic E-state index is 0. The van der Waals surface area contributed by atoms with Crippen LogP contribution in [0.2, 0.25) is 0 Å². The van der Waals surface area contributed by atoms with Crippen molar-refractivity contribution < 1.29 is 9.47 Å². The fourth-order valence-electron chi connectivity index (χ4n) is 4.36. The molecule has 2 aliphatic heterocycles. The highest BCUT2D eigenvalue weighted by atomic mass is 35.5. The smallest absolute Gasteiger partial charge is 0.122 e. The number of likely N-dealkylation sites (tertiary alicyclic amines) is 1. The SMILES string of the molecule is COc1cc(CCC2CCN(CC3(C)CCNC3)CC2)cc(OC)c1.Cl. The van der Waals surface area contributed by atoms with E-state index in [0.717, 1.165) is 23.8 Å². The average molecular weight is 383 g/mol. The van der Waals surface area contributed by atoms with Gasteiger partial charge in [0, 0.05) is 19.2 Å². The topological polar surface area (TPSA) is 33.7 Å². The summed E-state index contributed by atoms with van der Waals surface area (Å²) in [6.45, 7) is 8.61. The predicted octanol–water partition coefficient (Wildman–Crippen LogP) is 3.77. The van der Waals surface area contributed by atoms with E-state index in [2.05, 4.69) is 29.3 Å². The fraction of sp³-hybridized carbons (Fsp3) is 0.714. The van der Waals surface area contributed by atoms with Crippen molar-refractivity contribution in [1.29, 1.82) is 0 Å². The van der Waals surface area contributed by atoms with E-state index in [1.54, 1.807) is 14.2 Å². The number of benzene rings is 1. The van der Waals surface area contributed by atoms with Gasteiger partial charge in [0.25, 0.3) is 0 Å². The number of methoxy groups -OCH3 is 2. The Morgan fingerprint density at radius 1 is 1.12 bits per heavy atom. The Balaban J connectivity index is 0.00000243. The number of nitrogens with one attached hydrogen (secondary N) is 1. The number of ether oxygens (including phenoxy) is 2. The van der Waals surface area contributed by atoms with Gasteiger partial charge in [-0.25, -0.2) is 0 Å². The first-order chi connectivity index (χ1) is 12.1. The number of halogens is 1. The normalized spacial score (nSPS) is 24.3. The van der Waals surface area contributed by atoms with Crippen molar-refractivity contribution in [2.24, 2.45) is 11.3 Å². The van der Waals surface area contributed by atoms with E-state index in [9.17, 15) is 0 Å². The number of hydrogen-bond acceptors (Lipinski definition) is 4. The second kappa shape index (κ2) is 9.82. The first-order valence-corrected chi connectivity index (χ1v) is 9.75. The summed E-state index contributed by atoms with van der Waals surface area (Å²) in [4.78, 5) is 2.69. The van der Waals surface area contributed by atoms with E-state index in [4.69, 9.17) is 9.47 Å². The van der Waals surface area contributed by atoms with Gasteiger partial charge >= 0.3 is 0 Å². The minimum absolute atomic E-state index is 0. The van der Waals surface area contributed by atoms with Crippen LogP contribution >= 0.6 is 12.4 Å². The Morgan fingerprint density at radius 2 is 1.77 bits per heavy atom. The second-order valence-electron chi connectivity index (χ2n) is 8.22. The van der Waals surface area contributed by atoms with Crippen LogP contribution < -0.4 is 14.8 Å². The third kappa shape index (κ3) is 5.77. The zero-order chi connectivity index (χ0) is 17.7. The van der Waals surface area contributed by atoms with Crippen LogP contribution in [0.5, 0.6) is 11.5 Å². The van der Waals surface area contributed by atoms with Gasteiger partial charge in [-0.1, -0.05) is 6.92 Å². The summed E-state index contributed by atoms with van der Waals surface area (Å²) in [7, 11) is 3.43. The van der Waals surface area contributed by atoms with Crippen LogP contribution in [-0.4, -0.2) is 51.8 Å². The van der Waals surface area contributed by atoms with Gasteiger partial charge in [0.15, 0.2) is 0 Å². The van der Waals surface area contributed by atoms with Crippen LogP contribution in [0.1, 0.15) is 38.2 Å². The summed E-state index contributed by atoms with van der Waals surface area (Å²) < 4.78 is 10.8. The molecule has 2 aliphatic rings. The van der Waals surface area contributed by atoms with Gasteiger partial charge in [0.1, 0.15) is 11.5 Å². The van der Waals surface area contributed by atoms with Crippen molar-refractivity contribution >= 4 is 12.4 Å². The van der Waals surface area contributed by atoms with E-state index >= 15 is 0 Å². The molecule has 0 bridgehead atoms. The van der Waals surface area contributed by atoms with Gasteiger partial charge in [-0.05, 0) is 80.8 Å². The van der Waals surface area contributed by atoms with Gasteiger partial charge in [-0.3, -0.25) is 0 Å². The minimum Gasteiger partial charge on any atom is -0.497 e. The van der Waals surface area contributed by atoms with E-state index < -0.39 is 0 Å². The Bertz CT molecular complexity index is 531. The fourth-order valence-corrected chi connectivity index (χ4v) is 4.36. The molecule has 1 N–H and O–H groups in total. The maximum atomic E-state index is 5.38. The largest absolute Gasteiger partial charge is 0.497 e. The van der Waals surface area contributed by atoms with Crippen molar-refractivity contribution in [3.05, 3.63) is 23.8 Å². The van der Waals surface area contributed by atoms with Gasteiger partial charge in [-0.2, -0.15) is 0 Å². The van der Waals surface area contributed by atoms with E-state index in [-0.39, 0.29) is 12.4 Å². The molecular weight excluding hydrogens is 348 g/mol. The number of rotatable bonds is 7. The third-order valence-electron chi connectivity index (χ3n) is 6.02. The lowest BCUT2D eigenvalue weighted by Crippen LogP contribution is -2.42. The Hall–Kier alpha value is -0.970. The highest BCUT2D eigenvalue weighted by Gasteiger charge is 2.31. The van der Waals surface area contributed by atoms with Crippen LogP contribution in [0, 0.1) is 11.3 Å². The predicted molar refractivity (Wildman–Crippen MR) is 110 cm³/mol. The summed E-state index contributed by atoms with van der Waals surface area (Å²) in [5, 5.41) is 3.52. The number of hydrogen-bond donors (Lipinski definition) is 1. The molecule has 4 nitrogen and oxygen atoms in total.